The number of rotatable bonds is 11. The number of hydrogen-bond acceptors (Lipinski definition) is 9. The van der Waals surface area contributed by atoms with Gasteiger partial charge in [-0.25, -0.2) is 9.40 Å². The zero-order valence-corrected chi connectivity index (χ0v) is 27.6. The first-order chi connectivity index (χ1) is 22.8. The van der Waals surface area contributed by atoms with E-state index >= 15 is 0 Å². The van der Waals surface area contributed by atoms with Crippen LogP contribution in [0.25, 0.3) is 5.69 Å². The van der Waals surface area contributed by atoms with E-state index in [0.29, 0.717) is 45.2 Å². The van der Waals surface area contributed by atoms with Crippen molar-refractivity contribution >= 4 is 52.2 Å². The molecule has 3 heterocycles. The Balaban J connectivity index is 1.23. The number of methoxy groups -OCH3 is 2. The molecule has 5 aromatic rings. The van der Waals surface area contributed by atoms with E-state index in [1.807, 2.05) is 23.6 Å². The highest BCUT2D eigenvalue weighted by atomic mass is 35.5. The lowest BCUT2D eigenvalue weighted by molar-refractivity contribution is -0.130. The lowest BCUT2D eigenvalue weighted by Crippen LogP contribution is -2.28. The third-order valence-electron chi connectivity index (χ3n) is 7.34. The molecule has 1 atom stereocenters. The molecule has 0 saturated heterocycles. The van der Waals surface area contributed by atoms with Crippen molar-refractivity contribution in [1.82, 2.24) is 25.1 Å². The SMILES string of the molecule is COc1cc(OC)cc(C(=O)NCc2nnc(SCC(=O)N3N=C(c4cccs4)C[C@@H]3c3ccc(F)cc3)n2-c2cccc(Cl)c2)c1. The molecule has 0 saturated carbocycles. The average molecular weight is 691 g/mol. The predicted molar refractivity (Wildman–Crippen MR) is 179 cm³/mol. The minimum atomic E-state index is -0.382. The minimum absolute atomic E-state index is 0.00637. The fraction of sp³-hybridized carbons (Fsp3) is 0.182. The Morgan fingerprint density at radius 2 is 1.79 bits per heavy atom. The van der Waals surface area contributed by atoms with Crippen molar-refractivity contribution in [3.63, 3.8) is 0 Å². The third kappa shape index (κ3) is 7.32. The Bertz CT molecular complexity index is 1910. The summed E-state index contributed by atoms with van der Waals surface area (Å²) in [5.74, 6) is 0.404. The van der Waals surface area contributed by atoms with Gasteiger partial charge in [0.2, 0.25) is 0 Å². The largest absolute Gasteiger partial charge is 0.497 e. The Hall–Kier alpha value is -4.72. The van der Waals surface area contributed by atoms with Crippen LogP contribution in [0.1, 0.15) is 39.1 Å². The predicted octanol–water partition coefficient (Wildman–Crippen LogP) is 6.54. The molecule has 0 radical (unpaired) electrons. The van der Waals surface area contributed by atoms with Crippen molar-refractivity contribution in [3.05, 3.63) is 117 Å². The molecule has 0 fully saturated rings. The number of nitrogens with zero attached hydrogens (tertiary/aromatic N) is 5. The van der Waals surface area contributed by atoms with Gasteiger partial charge in [0.15, 0.2) is 11.0 Å². The number of hydrogen-bond donors (Lipinski definition) is 1. The van der Waals surface area contributed by atoms with E-state index in [4.69, 9.17) is 26.2 Å². The van der Waals surface area contributed by atoms with Gasteiger partial charge in [-0.3, -0.25) is 14.2 Å². The van der Waals surface area contributed by atoms with Gasteiger partial charge in [-0.1, -0.05) is 47.6 Å². The molecule has 1 aliphatic rings. The maximum Gasteiger partial charge on any atom is 0.253 e. The Morgan fingerprint density at radius 1 is 1.02 bits per heavy atom. The molecule has 240 valence electrons. The summed E-state index contributed by atoms with van der Waals surface area (Å²) >= 11 is 9.06. The molecule has 0 spiro atoms. The second-order valence-corrected chi connectivity index (χ2v) is 12.6. The summed E-state index contributed by atoms with van der Waals surface area (Å²) in [5.41, 5.74) is 2.59. The van der Waals surface area contributed by atoms with E-state index in [1.54, 1.807) is 64.4 Å². The van der Waals surface area contributed by atoms with Crippen LogP contribution in [-0.2, 0) is 11.3 Å². The van der Waals surface area contributed by atoms with Gasteiger partial charge >= 0.3 is 0 Å². The third-order valence-corrected chi connectivity index (χ3v) is 9.41. The summed E-state index contributed by atoms with van der Waals surface area (Å²) < 4.78 is 26.1. The highest BCUT2D eigenvalue weighted by molar-refractivity contribution is 7.99. The summed E-state index contributed by atoms with van der Waals surface area (Å²) in [5, 5.41) is 20.6. The van der Waals surface area contributed by atoms with E-state index in [9.17, 15) is 14.0 Å². The molecule has 47 heavy (non-hydrogen) atoms. The molecule has 1 N–H and O–H groups in total. The summed E-state index contributed by atoms with van der Waals surface area (Å²) in [6, 6.07) is 21.7. The lowest BCUT2D eigenvalue weighted by atomic mass is 10.0. The van der Waals surface area contributed by atoms with Gasteiger partial charge in [0.1, 0.15) is 17.3 Å². The summed E-state index contributed by atoms with van der Waals surface area (Å²) in [7, 11) is 3.02. The number of thioether (sulfide) groups is 1. The van der Waals surface area contributed by atoms with Crippen LogP contribution in [0.5, 0.6) is 11.5 Å². The Labute approximate surface area is 283 Å². The quantitative estimate of drug-likeness (QED) is 0.157. The second kappa shape index (κ2) is 14.4. The van der Waals surface area contributed by atoms with Crippen molar-refractivity contribution < 1.29 is 23.5 Å². The van der Waals surface area contributed by atoms with Crippen molar-refractivity contribution in [1.29, 1.82) is 0 Å². The van der Waals surface area contributed by atoms with Crippen LogP contribution in [-0.4, -0.2) is 57.3 Å². The van der Waals surface area contributed by atoms with Crippen LogP contribution >= 0.6 is 34.7 Å². The standard InChI is InChI=1S/C33H28ClFN6O4S2/c1-44-25-13-21(14-26(16-25)45-2)32(43)36-18-30-37-38-33(40(30)24-6-3-5-22(34)15-24)47-19-31(42)41-28(20-8-10-23(35)11-9-20)17-27(39-41)29-7-4-12-46-29/h3-16,28H,17-19H2,1-2H3,(H,36,43)/t28-/m1/s1. The van der Waals surface area contributed by atoms with Crippen molar-refractivity contribution in [2.24, 2.45) is 5.10 Å². The smallest absolute Gasteiger partial charge is 0.253 e. The molecule has 3 aromatic carbocycles. The number of nitrogens with one attached hydrogen (secondary N) is 1. The number of amides is 2. The first-order valence-corrected chi connectivity index (χ1v) is 16.6. The lowest BCUT2D eigenvalue weighted by Gasteiger charge is -2.22. The molecule has 14 heteroatoms. The minimum Gasteiger partial charge on any atom is -0.497 e. The molecule has 0 aliphatic carbocycles. The van der Waals surface area contributed by atoms with Crippen LogP contribution in [0.4, 0.5) is 4.39 Å². The summed E-state index contributed by atoms with van der Waals surface area (Å²) in [6.45, 7) is 0.0274. The average Bonchev–Trinajstić information content (AvgIpc) is 3.86. The highest BCUT2D eigenvalue weighted by Crippen LogP contribution is 2.35. The van der Waals surface area contributed by atoms with Gasteiger partial charge in [-0.05, 0) is 59.5 Å². The number of halogens is 2. The molecular weight excluding hydrogens is 663 g/mol. The van der Waals surface area contributed by atoms with Crippen molar-refractivity contribution in [3.8, 4) is 17.2 Å². The topological polar surface area (TPSA) is 111 Å². The fourth-order valence-electron chi connectivity index (χ4n) is 5.05. The first kappa shape index (κ1) is 32.2. The van der Waals surface area contributed by atoms with Crippen LogP contribution in [0.3, 0.4) is 0 Å². The Kier molecular flexibility index (Phi) is 9.85. The van der Waals surface area contributed by atoms with Gasteiger partial charge < -0.3 is 14.8 Å². The maximum atomic E-state index is 13.7. The van der Waals surface area contributed by atoms with Crippen LogP contribution in [0, 0.1) is 5.82 Å². The highest BCUT2D eigenvalue weighted by Gasteiger charge is 2.34. The number of benzene rings is 3. The zero-order valence-electron chi connectivity index (χ0n) is 25.2. The van der Waals surface area contributed by atoms with Gasteiger partial charge in [-0.2, -0.15) is 5.10 Å². The number of thiophene rings is 1. The number of ether oxygens (including phenoxy) is 2. The molecule has 10 nitrogen and oxygen atoms in total. The number of carbonyl (C=O) groups is 2. The molecule has 2 amide bonds. The second-order valence-electron chi connectivity index (χ2n) is 10.3. The first-order valence-electron chi connectivity index (χ1n) is 14.4. The maximum absolute atomic E-state index is 13.7. The van der Waals surface area contributed by atoms with Gasteiger partial charge in [0, 0.05) is 23.1 Å². The van der Waals surface area contributed by atoms with Crippen molar-refractivity contribution in [2.45, 2.75) is 24.2 Å². The van der Waals surface area contributed by atoms with Gasteiger partial charge in [0.05, 0.1) is 48.8 Å². The molecular formula is C33H28ClFN6O4S2. The number of aromatic nitrogens is 3. The normalized spacial score (nSPS) is 14.2. The van der Waals surface area contributed by atoms with E-state index in [1.165, 1.54) is 43.1 Å². The van der Waals surface area contributed by atoms with E-state index in [-0.39, 0.29) is 36.0 Å². The van der Waals surface area contributed by atoms with E-state index < -0.39 is 0 Å². The molecule has 0 unspecified atom stereocenters. The summed E-state index contributed by atoms with van der Waals surface area (Å²) in [6.07, 6.45) is 0.504. The molecule has 2 aromatic heterocycles. The van der Waals surface area contributed by atoms with Crippen LogP contribution in [0.15, 0.2) is 94.5 Å². The zero-order chi connectivity index (χ0) is 32.9. The number of carbonyl (C=O) groups excluding carboxylic acids is 2. The monoisotopic (exact) mass is 690 g/mol. The molecule has 1 aliphatic heterocycles. The van der Waals surface area contributed by atoms with Gasteiger partial charge in [0.25, 0.3) is 11.8 Å². The van der Waals surface area contributed by atoms with Crippen molar-refractivity contribution in [2.75, 3.05) is 20.0 Å². The number of hydrazone groups is 1. The summed E-state index contributed by atoms with van der Waals surface area (Å²) in [4.78, 5) is 27.8. The molecule has 6 rings (SSSR count). The fourth-order valence-corrected chi connectivity index (χ4v) is 6.78. The van der Waals surface area contributed by atoms with Gasteiger partial charge in [-0.15, -0.1) is 21.5 Å². The van der Waals surface area contributed by atoms with E-state index in [2.05, 4.69) is 15.5 Å². The molecule has 0 bridgehead atoms. The van der Waals surface area contributed by atoms with E-state index in [0.717, 1.165) is 16.2 Å². The van der Waals surface area contributed by atoms with Crippen LogP contribution < -0.4 is 14.8 Å². The Morgan fingerprint density at radius 3 is 2.47 bits per heavy atom. The van der Waals surface area contributed by atoms with Crippen LogP contribution in [0.2, 0.25) is 5.02 Å².